The topological polar surface area (TPSA) is 45.4 Å². The molecule has 1 heterocycles. The maximum atomic E-state index is 10.1. The summed E-state index contributed by atoms with van der Waals surface area (Å²) >= 11 is 0. The van der Waals surface area contributed by atoms with Crippen molar-refractivity contribution in [3.63, 3.8) is 0 Å². The van der Waals surface area contributed by atoms with Gasteiger partial charge in [0.1, 0.15) is 17.6 Å². The molecule has 1 aromatic heterocycles. The zero-order valence-corrected chi connectivity index (χ0v) is 10.1. The largest absolute Gasteiger partial charge is 0.463 e. The normalized spacial score (nSPS) is 12.6. The van der Waals surface area contributed by atoms with Crippen LogP contribution in [0.15, 0.2) is 40.8 Å². The molecule has 0 amide bonds. The first-order chi connectivity index (χ1) is 8.20. The highest BCUT2D eigenvalue weighted by molar-refractivity contribution is 5.28. The van der Waals surface area contributed by atoms with Gasteiger partial charge in [-0.3, -0.25) is 0 Å². The summed E-state index contributed by atoms with van der Waals surface area (Å²) < 4.78 is 5.42. The Hall–Kier alpha value is -1.58. The van der Waals surface area contributed by atoms with Crippen molar-refractivity contribution in [1.82, 2.24) is 5.32 Å². The average Bonchev–Trinajstić information content (AvgIpc) is 2.76. The lowest BCUT2D eigenvalue weighted by atomic mass is 10.1. The third-order valence-corrected chi connectivity index (χ3v) is 2.71. The van der Waals surface area contributed by atoms with Gasteiger partial charge in [0.05, 0.1) is 0 Å². The van der Waals surface area contributed by atoms with Crippen LogP contribution in [0, 0.1) is 6.92 Å². The summed E-state index contributed by atoms with van der Waals surface area (Å²) in [5.74, 6) is 1.40. The molecule has 0 saturated carbocycles. The SMILES string of the molecule is CNCc1ccc(C(O)c2ccc(C)o2)cc1. The summed E-state index contributed by atoms with van der Waals surface area (Å²) in [5, 5.41) is 13.2. The molecule has 0 spiro atoms. The maximum Gasteiger partial charge on any atom is 0.137 e. The highest BCUT2D eigenvalue weighted by atomic mass is 16.4. The zero-order valence-electron chi connectivity index (χ0n) is 10.1. The van der Waals surface area contributed by atoms with Crippen LogP contribution in [-0.2, 0) is 6.54 Å². The number of nitrogens with one attached hydrogen (secondary N) is 1. The molecule has 1 atom stereocenters. The summed E-state index contributed by atoms with van der Waals surface area (Å²) in [4.78, 5) is 0. The Bertz CT molecular complexity index is 473. The molecule has 0 aliphatic rings. The summed E-state index contributed by atoms with van der Waals surface area (Å²) in [6.45, 7) is 2.70. The van der Waals surface area contributed by atoms with E-state index >= 15 is 0 Å². The molecule has 0 bridgehead atoms. The zero-order chi connectivity index (χ0) is 12.3. The Morgan fingerprint density at radius 1 is 1.18 bits per heavy atom. The van der Waals surface area contributed by atoms with Crippen molar-refractivity contribution in [1.29, 1.82) is 0 Å². The first kappa shape index (κ1) is 11.9. The van der Waals surface area contributed by atoms with Gasteiger partial charge in [-0.25, -0.2) is 0 Å². The number of aliphatic hydroxyl groups is 1. The number of furan rings is 1. The van der Waals surface area contributed by atoms with Crippen LogP contribution in [0.3, 0.4) is 0 Å². The van der Waals surface area contributed by atoms with Gasteiger partial charge < -0.3 is 14.8 Å². The monoisotopic (exact) mass is 231 g/mol. The van der Waals surface area contributed by atoms with Crippen LogP contribution in [-0.4, -0.2) is 12.2 Å². The van der Waals surface area contributed by atoms with Crippen molar-refractivity contribution >= 4 is 0 Å². The fourth-order valence-corrected chi connectivity index (χ4v) is 1.79. The molecule has 3 heteroatoms. The number of rotatable bonds is 4. The highest BCUT2D eigenvalue weighted by Crippen LogP contribution is 2.23. The first-order valence-electron chi connectivity index (χ1n) is 5.68. The minimum Gasteiger partial charge on any atom is -0.463 e. The van der Waals surface area contributed by atoms with Gasteiger partial charge in [0, 0.05) is 6.54 Å². The second-order valence-electron chi connectivity index (χ2n) is 4.12. The van der Waals surface area contributed by atoms with E-state index in [0.717, 1.165) is 17.9 Å². The van der Waals surface area contributed by atoms with Crippen LogP contribution in [0.2, 0.25) is 0 Å². The van der Waals surface area contributed by atoms with Crippen molar-refractivity contribution in [2.45, 2.75) is 19.6 Å². The summed E-state index contributed by atoms with van der Waals surface area (Å²) in [7, 11) is 1.91. The number of hydrogen-bond acceptors (Lipinski definition) is 3. The average molecular weight is 231 g/mol. The van der Waals surface area contributed by atoms with E-state index in [1.807, 2.05) is 50.4 Å². The minimum absolute atomic E-state index is 0.587. The molecule has 0 aliphatic heterocycles. The van der Waals surface area contributed by atoms with Crippen molar-refractivity contribution in [3.05, 3.63) is 59.0 Å². The standard InChI is InChI=1S/C14H17NO2/c1-10-3-8-13(17-10)14(16)12-6-4-11(5-7-12)9-15-2/h3-8,14-16H,9H2,1-2H3. The molecule has 1 aromatic carbocycles. The van der Waals surface area contributed by atoms with Crippen LogP contribution in [0.1, 0.15) is 28.8 Å². The third kappa shape index (κ3) is 2.75. The second kappa shape index (κ2) is 5.17. The van der Waals surface area contributed by atoms with Gasteiger partial charge in [0.2, 0.25) is 0 Å². The quantitative estimate of drug-likeness (QED) is 0.849. The van der Waals surface area contributed by atoms with Crippen molar-refractivity contribution in [2.75, 3.05) is 7.05 Å². The molecule has 1 unspecified atom stereocenters. The number of aryl methyl sites for hydroxylation is 1. The predicted molar refractivity (Wildman–Crippen MR) is 66.7 cm³/mol. The van der Waals surface area contributed by atoms with Crippen LogP contribution in [0.4, 0.5) is 0 Å². The smallest absolute Gasteiger partial charge is 0.137 e. The van der Waals surface area contributed by atoms with Crippen LogP contribution in [0.5, 0.6) is 0 Å². The lowest BCUT2D eigenvalue weighted by Gasteiger charge is -2.09. The highest BCUT2D eigenvalue weighted by Gasteiger charge is 2.13. The Morgan fingerprint density at radius 2 is 1.88 bits per heavy atom. The summed E-state index contributed by atoms with van der Waals surface area (Å²) in [5.41, 5.74) is 2.04. The number of benzene rings is 1. The van der Waals surface area contributed by atoms with E-state index in [0.29, 0.717) is 5.76 Å². The van der Waals surface area contributed by atoms with Gasteiger partial charge in [-0.2, -0.15) is 0 Å². The lowest BCUT2D eigenvalue weighted by molar-refractivity contribution is 0.187. The predicted octanol–water partition coefficient (Wildman–Crippen LogP) is 2.39. The van der Waals surface area contributed by atoms with E-state index in [1.165, 1.54) is 5.56 Å². The molecule has 3 nitrogen and oxygen atoms in total. The molecule has 0 fully saturated rings. The molecule has 17 heavy (non-hydrogen) atoms. The van der Waals surface area contributed by atoms with E-state index in [2.05, 4.69) is 5.32 Å². The van der Waals surface area contributed by atoms with Gasteiger partial charge in [0.15, 0.2) is 0 Å². The Kier molecular flexibility index (Phi) is 3.61. The Labute approximate surface area is 101 Å². The molecule has 2 aromatic rings. The minimum atomic E-state index is -0.688. The summed E-state index contributed by atoms with van der Waals surface area (Å²) in [6.07, 6.45) is -0.688. The van der Waals surface area contributed by atoms with Crippen LogP contribution >= 0.6 is 0 Å². The van der Waals surface area contributed by atoms with Gasteiger partial charge in [0.25, 0.3) is 0 Å². The number of hydrogen-bond donors (Lipinski definition) is 2. The Balaban J connectivity index is 2.16. The van der Waals surface area contributed by atoms with E-state index in [4.69, 9.17) is 4.42 Å². The van der Waals surface area contributed by atoms with Gasteiger partial charge in [-0.1, -0.05) is 24.3 Å². The van der Waals surface area contributed by atoms with E-state index in [9.17, 15) is 5.11 Å². The molecular weight excluding hydrogens is 214 g/mol. The fraction of sp³-hybridized carbons (Fsp3) is 0.286. The lowest BCUT2D eigenvalue weighted by Crippen LogP contribution is -2.05. The van der Waals surface area contributed by atoms with Crippen molar-refractivity contribution in [3.8, 4) is 0 Å². The molecule has 0 radical (unpaired) electrons. The molecule has 90 valence electrons. The third-order valence-electron chi connectivity index (χ3n) is 2.71. The molecule has 2 N–H and O–H groups in total. The van der Waals surface area contributed by atoms with E-state index in [-0.39, 0.29) is 0 Å². The molecular formula is C14H17NO2. The van der Waals surface area contributed by atoms with Crippen molar-refractivity contribution < 1.29 is 9.52 Å². The van der Waals surface area contributed by atoms with E-state index < -0.39 is 6.10 Å². The van der Waals surface area contributed by atoms with Gasteiger partial charge >= 0.3 is 0 Å². The first-order valence-corrected chi connectivity index (χ1v) is 5.68. The van der Waals surface area contributed by atoms with Gasteiger partial charge in [-0.05, 0) is 37.2 Å². The second-order valence-corrected chi connectivity index (χ2v) is 4.12. The van der Waals surface area contributed by atoms with E-state index in [1.54, 1.807) is 0 Å². The fourth-order valence-electron chi connectivity index (χ4n) is 1.79. The van der Waals surface area contributed by atoms with Gasteiger partial charge in [-0.15, -0.1) is 0 Å². The summed E-state index contributed by atoms with van der Waals surface area (Å²) in [6, 6.07) is 11.5. The molecule has 0 saturated heterocycles. The molecule has 0 aliphatic carbocycles. The van der Waals surface area contributed by atoms with Crippen LogP contribution in [0.25, 0.3) is 0 Å². The molecule has 2 rings (SSSR count). The maximum absolute atomic E-state index is 10.1. The Morgan fingerprint density at radius 3 is 2.41 bits per heavy atom. The number of aliphatic hydroxyl groups excluding tert-OH is 1. The van der Waals surface area contributed by atoms with Crippen molar-refractivity contribution in [2.24, 2.45) is 0 Å². The van der Waals surface area contributed by atoms with Crippen LogP contribution < -0.4 is 5.32 Å².